The first-order chi connectivity index (χ1) is 17.1. The van der Waals surface area contributed by atoms with E-state index in [0.717, 1.165) is 0 Å². The maximum atomic E-state index is 2.49. The lowest BCUT2D eigenvalue weighted by Crippen LogP contribution is -2.58. The zero-order valence-electron chi connectivity index (χ0n) is 19.9. The normalized spacial score (nSPS) is 14.7. The number of hydrogen-bond donors (Lipinski definition) is 0. The Kier molecular flexibility index (Phi) is 3.61. The highest BCUT2D eigenvalue weighted by molar-refractivity contribution is 7.01. The zero-order chi connectivity index (χ0) is 23.3. The van der Waals surface area contributed by atoms with Gasteiger partial charge in [0.1, 0.15) is 0 Å². The zero-order valence-corrected chi connectivity index (χ0v) is 19.9. The van der Waals surface area contributed by atoms with E-state index in [9.17, 15) is 0 Å². The fourth-order valence-electron chi connectivity index (χ4n) is 6.93. The van der Waals surface area contributed by atoms with Gasteiger partial charge in [-0.25, -0.2) is 0 Å². The summed E-state index contributed by atoms with van der Waals surface area (Å²) in [6, 6.07) is 40.5. The van der Waals surface area contributed by atoms with E-state index in [1.165, 1.54) is 66.1 Å². The Balaban J connectivity index is 1.57. The predicted octanol–water partition coefficient (Wildman–Crippen LogP) is 5.92. The Bertz CT molecular complexity index is 1820. The first kappa shape index (κ1) is 19.3. The van der Waals surface area contributed by atoms with Gasteiger partial charge in [0.2, 0.25) is 6.71 Å². The lowest BCUT2D eigenvalue weighted by molar-refractivity contribution is 0.647. The molecule has 1 aromatic heterocycles. The lowest BCUT2D eigenvalue weighted by Gasteiger charge is -2.38. The summed E-state index contributed by atoms with van der Waals surface area (Å²) in [5.41, 5.74) is 12.5. The standard InChI is InChI=1S/C33H24BN/c1-33(2)26-17-10-16-25-30(26)34(28-20-22-12-7-6-11-21(22)19-27(28)33)31-24-15-8-9-18-29(24)35(32(25)31)23-13-4-3-5-14-23/h3-20H,1-2H3. The fraction of sp³-hybridized carbons (Fsp3) is 0.0909. The Labute approximate surface area is 205 Å². The lowest BCUT2D eigenvalue weighted by atomic mass is 9.33. The van der Waals surface area contributed by atoms with E-state index in [-0.39, 0.29) is 12.1 Å². The number of benzene rings is 5. The third-order valence-corrected chi connectivity index (χ3v) is 8.44. The summed E-state index contributed by atoms with van der Waals surface area (Å²) >= 11 is 0. The van der Waals surface area contributed by atoms with Crippen molar-refractivity contribution in [3.05, 3.63) is 120 Å². The quantitative estimate of drug-likeness (QED) is 0.277. The molecule has 2 aliphatic rings. The average molecular weight is 445 g/mol. The Morgan fingerprint density at radius 3 is 2.17 bits per heavy atom. The molecule has 0 N–H and O–H groups in total. The summed E-state index contributed by atoms with van der Waals surface area (Å²) in [5, 5.41) is 4.00. The molecule has 0 fully saturated rings. The fourth-order valence-corrected chi connectivity index (χ4v) is 6.93. The number of rotatable bonds is 1. The van der Waals surface area contributed by atoms with Crippen molar-refractivity contribution >= 4 is 44.8 Å². The SMILES string of the molecule is CC1(C)c2cc3ccccc3cc2B2c3c(cccc31)-c1c2c2ccccc2n1-c1ccccc1. The number of fused-ring (bicyclic) bond motifs is 8. The van der Waals surface area contributed by atoms with E-state index in [1.807, 2.05) is 0 Å². The van der Waals surface area contributed by atoms with Crippen LogP contribution in [0.4, 0.5) is 0 Å². The minimum Gasteiger partial charge on any atom is -0.310 e. The van der Waals surface area contributed by atoms with Crippen LogP contribution in [0.3, 0.4) is 0 Å². The van der Waals surface area contributed by atoms with Gasteiger partial charge in [0.25, 0.3) is 0 Å². The Hall–Kier alpha value is -4.04. The van der Waals surface area contributed by atoms with Crippen molar-refractivity contribution in [1.82, 2.24) is 4.57 Å². The number of nitrogens with zero attached hydrogens (tertiary/aromatic N) is 1. The molecule has 1 nitrogen and oxygen atoms in total. The summed E-state index contributed by atoms with van der Waals surface area (Å²) in [6.45, 7) is 5.05. The first-order valence-corrected chi connectivity index (χ1v) is 12.5. The summed E-state index contributed by atoms with van der Waals surface area (Å²) in [5.74, 6) is 0. The molecule has 35 heavy (non-hydrogen) atoms. The second-order valence-corrected chi connectivity index (χ2v) is 10.6. The second kappa shape index (κ2) is 6.55. The smallest absolute Gasteiger partial charge is 0.246 e. The van der Waals surface area contributed by atoms with Gasteiger partial charge in [0.15, 0.2) is 0 Å². The van der Waals surface area contributed by atoms with E-state index < -0.39 is 0 Å². The van der Waals surface area contributed by atoms with E-state index >= 15 is 0 Å². The molecule has 2 heteroatoms. The Morgan fingerprint density at radius 2 is 1.34 bits per heavy atom. The molecule has 0 spiro atoms. The number of hydrogen-bond acceptors (Lipinski definition) is 0. The third kappa shape index (κ3) is 2.35. The van der Waals surface area contributed by atoms with Gasteiger partial charge in [-0.3, -0.25) is 0 Å². The minimum absolute atomic E-state index is 0.0575. The van der Waals surface area contributed by atoms with Crippen LogP contribution in [0.5, 0.6) is 0 Å². The largest absolute Gasteiger partial charge is 0.310 e. The van der Waals surface area contributed by atoms with Crippen molar-refractivity contribution in [3.8, 4) is 16.9 Å². The highest BCUT2D eigenvalue weighted by atomic mass is 15.0. The first-order valence-electron chi connectivity index (χ1n) is 12.5. The second-order valence-electron chi connectivity index (χ2n) is 10.6. The summed E-state index contributed by atoms with van der Waals surface area (Å²) in [7, 11) is 0. The molecule has 0 saturated heterocycles. The molecular weight excluding hydrogens is 421 g/mol. The van der Waals surface area contributed by atoms with Crippen molar-refractivity contribution in [2.24, 2.45) is 0 Å². The molecule has 3 heterocycles. The molecule has 2 aliphatic heterocycles. The summed E-state index contributed by atoms with van der Waals surface area (Å²) in [6.07, 6.45) is 0. The van der Waals surface area contributed by atoms with E-state index in [4.69, 9.17) is 0 Å². The van der Waals surface area contributed by atoms with Gasteiger partial charge in [-0.1, -0.05) is 116 Å². The molecule has 0 radical (unpaired) electrons. The number of aromatic nitrogens is 1. The Morgan fingerprint density at radius 1 is 0.629 bits per heavy atom. The van der Waals surface area contributed by atoms with Crippen molar-refractivity contribution in [3.63, 3.8) is 0 Å². The van der Waals surface area contributed by atoms with Crippen molar-refractivity contribution in [1.29, 1.82) is 0 Å². The van der Waals surface area contributed by atoms with Crippen LogP contribution in [0.2, 0.25) is 0 Å². The van der Waals surface area contributed by atoms with Crippen LogP contribution < -0.4 is 16.4 Å². The summed E-state index contributed by atoms with van der Waals surface area (Å²) < 4.78 is 2.49. The molecule has 6 aromatic rings. The van der Waals surface area contributed by atoms with Crippen LogP contribution in [-0.2, 0) is 5.41 Å². The maximum absolute atomic E-state index is 2.49. The molecule has 0 amide bonds. The van der Waals surface area contributed by atoms with Crippen LogP contribution in [-0.4, -0.2) is 11.3 Å². The van der Waals surface area contributed by atoms with Crippen LogP contribution >= 0.6 is 0 Å². The molecule has 164 valence electrons. The van der Waals surface area contributed by atoms with Gasteiger partial charge >= 0.3 is 0 Å². The minimum atomic E-state index is -0.0575. The molecule has 0 aliphatic carbocycles. The van der Waals surface area contributed by atoms with Crippen molar-refractivity contribution < 1.29 is 0 Å². The molecule has 0 atom stereocenters. The van der Waals surface area contributed by atoms with Gasteiger partial charge in [-0.05, 0) is 56.5 Å². The molecule has 0 saturated carbocycles. The third-order valence-electron chi connectivity index (χ3n) is 8.44. The van der Waals surface area contributed by atoms with Crippen LogP contribution in [0, 0.1) is 0 Å². The average Bonchev–Trinajstić information content (AvgIpc) is 3.41. The van der Waals surface area contributed by atoms with Gasteiger partial charge < -0.3 is 4.57 Å². The topological polar surface area (TPSA) is 4.93 Å². The van der Waals surface area contributed by atoms with Crippen molar-refractivity contribution in [2.45, 2.75) is 19.3 Å². The molecular formula is C33H24BN. The van der Waals surface area contributed by atoms with E-state index in [1.54, 1.807) is 0 Å². The van der Waals surface area contributed by atoms with Gasteiger partial charge in [-0.2, -0.15) is 0 Å². The van der Waals surface area contributed by atoms with E-state index in [0.29, 0.717) is 0 Å². The number of para-hydroxylation sites is 2. The van der Waals surface area contributed by atoms with Crippen LogP contribution in [0.15, 0.2) is 109 Å². The highest BCUT2D eigenvalue weighted by Gasteiger charge is 2.47. The highest BCUT2D eigenvalue weighted by Crippen LogP contribution is 2.41. The van der Waals surface area contributed by atoms with Crippen LogP contribution in [0.1, 0.15) is 25.0 Å². The van der Waals surface area contributed by atoms with Gasteiger partial charge in [0.05, 0.1) is 5.52 Å². The van der Waals surface area contributed by atoms with Gasteiger partial charge in [0, 0.05) is 16.8 Å². The monoisotopic (exact) mass is 445 g/mol. The predicted molar refractivity (Wildman–Crippen MR) is 149 cm³/mol. The van der Waals surface area contributed by atoms with E-state index in [2.05, 4.69) is 128 Å². The van der Waals surface area contributed by atoms with Crippen LogP contribution in [0.25, 0.3) is 38.6 Å². The molecule has 0 unspecified atom stereocenters. The van der Waals surface area contributed by atoms with Gasteiger partial charge in [-0.15, -0.1) is 0 Å². The molecule has 5 aromatic carbocycles. The summed E-state index contributed by atoms with van der Waals surface area (Å²) in [4.78, 5) is 0. The maximum Gasteiger partial charge on any atom is 0.246 e. The van der Waals surface area contributed by atoms with Crippen molar-refractivity contribution in [2.75, 3.05) is 0 Å². The molecule has 8 rings (SSSR count). The molecule has 0 bridgehead atoms.